The summed E-state index contributed by atoms with van der Waals surface area (Å²) in [5.74, 6) is 0. The van der Waals surface area contributed by atoms with Gasteiger partial charge in [0.2, 0.25) is 0 Å². The molecule has 0 aliphatic carbocycles. The van der Waals surface area contributed by atoms with E-state index < -0.39 is 0 Å². The Bertz CT molecular complexity index is 213. The number of rotatable bonds is 1. The number of halogens is 3. The molecule has 2 nitrogen and oxygen atoms in total. The highest BCUT2D eigenvalue weighted by Crippen LogP contribution is 2.10. The summed E-state index contributed by atoms with van der Waals surface area (Å²) in [5.41, 5.74) is 6.51. The second kappa shape index (κ2) is 6.66. The molecule has 12 heavy (non-hydrogen) atoms. The van der Waals surface area contributed by atoms with Gasteiger partial charge in [0.25, 0.3) is 0 Å². The van der Waals surface area contributed by atoms with Crippen LogP contribution in [0.3, 0.4) is 0 Å². The van der Waals surface area contributed by atoms with Gasteiger partial charge in [0.15, 0.2) is 0 Å². The molecular weight excluding hydrogens is 263 g/mol. The van der Waals surface area contributed by atoms with Crippen LogP contribution < -0.4 is 5.73 Å². The summed E-state index contributed by atoms with van der Waals surface area (Å²) >= 11 is 3.29. The Morgan fingerprint density at radius 3 is 2.33 bits per heavy atom. The molecule has 0 spiro atoms. The van der Waals surface area contributed by atoms with Gasteiger partial charge in [0, 0.05) is 16.7 Å². The van der Waals surface area contributed by atoms with E-state index in [-0.39, 0.29) is 30.9 Å². The van der Waals surface area contributed by atoms with Crippen LogP contribution in [-0.2, 0) is 0 Å². The minimum Gasteiger partial charge on any atom is -0.323 e. The first-order chi connectivity index (χ1) is 4.70. The van der Waals surface area contributed by atoms with Crippen LogP contribution in [0.4, 0.5) is 0 Å². The van der Waals surface area contributed by atoms with Crippen LogP contribution in [0.5, 0.6) is 0 Å². The Hall–Kier alpha value is 0.170. The molecule has 0 radical (unpaired) electrons. The van der Waals surface area contributed by atoms with Gasteiger partial charge < -0.3 is 5.73 Å². The molecule has 0 fully saturated rings. The maximum absolute atomic E-state index is 5.59. The normalized spacial score (nSPS) is 10.9. The second-order valence-corrected chi connectivity index (χ2v) is 3.11. The third-order valence-corrected chi connectivity index (χ3v) is 1.69. The van der Waals surface area contributed by atoms with Gasteiger partial charge >= 0.3 is 0 Å². The lowest BCUT2D eigenvalue weighted by molar-refractivity contribution is 0.780. The highest BCUT2D eigenvalue weighted by Gasteiger charge is 1.97. The summed E-state index contributed by atoms with van der Waals surface area (Å²) in [6.45, 7) is 1.91. The molecule has 70 valence electrons. The summed E-state index contributed by atoms with van der Waals surface area (Å²) in [5, 5.41) is 0. The average molecular weight is 274 g/mol. The van der Waals surface area contributed by atoms with Crippen molar-refractivity contribution < 1.29 is 0 Å². The van der Waals surface area contributed by atoms with E-state index >= 15 is 0 Å². The Kier molecular flexibility index (Phi) is 8.15. The topological polar surface area (TPSA) is 38.9 Å². The zero-order valence-electron chi connectivity index (χ0n) is 6.53. The van der Waals surface area contributed by atoms with E-state index in [1.54, 1.807) is 6.20 Å². The first kappa shape index (κ1) is 14.7. The smallest absolute Gasteiger partial charge is 0.0569 e. The van der Waals surface area contributed by atoms with E-state index in [0.717, 1.165) is 10.2 Å². The van der Waals surface area contributed by atoms with Gasteiger partial charge in [-0.25, -0.2) is 0 Å². The Morgan fingerprint density at radius 2 is 2.00 bits per heavy atom. The summed E-state index contributed by atoms with van der Waals surface area (Å²) in [4.78, 5) is 4.11. The lowest BCUT2D eigenvalue weighted by Crippen LogP contribution is -2.06. The molecule has 1 aromatic rings. The number of hydrogen-bond donors (Lipinski definition) is 1. The molecule has 1 atom stereocenters. The third-order valence-electron chi connectivity index (χ3n) is 1.22. The van der Waals surface area contributed by atoms with E-state index in [9.17, 15) is 0 Å². The molecule has 1 aromatic heterocycles. The molecule has 1 heterocycles. The lowest BCUT2D eigenvalue weighted by Gasteiger charge is -2.02. The number of aromatic nitrogens is 1. The zero-order chi connectivity index (χ0) is 7.56. The lowest BCUT2D eigenvalue weighted by atomic mass is 10.2. The average Bonchev–Trinajstić information content (AvgIpc) is 1.88. The maximum atomic E-state index is 5.59. The van der Waals surface area contributed by atoms with Gasteiger partial charge in [-0.1, -0.05) is 0 Å². The van der Waals surface area contributed by atoms with Crippen LogP contribution in [0.25, 0.3) is 0 Å². The van der Waals surface area contributed by atoms with Crippen molar-refractivity contribution >= 4 is 40.7 Å². The first-order valence-electron chi connectivity index (χ1n) is 3.07. The monoisotopic (exact) mass is 272 g/mol. The maximum Gasteiger partial charge on any atom is 0.0569 e. The predicted octanol–water partition coefficient (Wildman–Crippen LogP) is 2.71. The van der Waals surface area contributed by atoms with Crippen molar-refractivity contribution in [3.8, 4) is 0 Å². The standard InChI is InChI=1S/C7H9BrN2.2ClH/c1-5(9)7-3-2-6(8)4-10-7;;/h2-5H,9H2,1H3;2*1H/t5-;;/m0../s1. The quantitative estimate of drug-likeness (QED) is 0.855. The molecule has 5 heteroatoms. The van der Waals surface area contributed by atoms with Crippen molar-refractivity contribution in [2.45, 2.75) is 13.0 Å². The van der Waals surface area contributed by atoms with Crippen molar-refractivity contribution in [1.29, 1.82) is 0 Å². The highest BCUT2D eigenvalue weighted by molar-refractivity contribution is 9.10. The van der Waals surface area contributed by atoms with Crippen LogP contribution in [0.15, 0.2) is 22.8 Å². The van der Waals surface area contributed by atoms with Gasteiger partial charge in [-0.05, 0) is 35.0 Å². The van der Waals surface area contributed by atoms with Gasteiger partial charge in [-0.15, -0.1) is 24.8 Å². The first-order valence-corrected chi connectivity index (χ1v) is 3.86. The van der Waals surface area contributed by atoms with Gasteiger partial charge in [-0.2, -0.15) is 0 Å². The Morgan fingerprint density at radius 1 is 1.42 bits per heavy atom. The van der Waals surface area contributed by atoms with Crippen LogP contribution in [-0.4, -0.2) is 4.98 Å². The molecule has 0 bridgehead atoms. The summed E-state index contributed by atoms with van der Waals surface area (Å²) in [6.07, 6.45) is 1.75. The molecule has 0 unspecified atom stereocenters. The Labute approximate surface area is 92.9 Å². The summed E-state index contributed by atoms with van der Waals surface area (Å²) in [6, 6.07) is 3.87. The number of pyridine rings is 1. The molecule has 0 aliphatic heterocycles. The van der Waals surface area contributed by atoms with Gasteiger partial charge in [-0.3, -0.25) is 4.98 Å². The predicted molar refractivity (Wildman–Crippen MR) is 59.0 cm³/mol. The van der Waals surface area contributed by atoms with E-state index in [2.05, 4.69) is 20.9 Å². The Balaban J connectivity index is 0. The second-order valence-electron chi connectivity index (χ2n) is 2.19. The van der Waals surface area contributed by atoms with E-state index in [1.807, 2.05) is 19.1 Å². The van der Waals surface area contributed by atoms with Crippen LogP contribution in [0.2, 0.25) is 0 Å². The van der Waals surface area contributed by atoms with E-state index in [0.29, 0.717) is 0 Å². The zero-order valence-corrected chi connectivity index (χ0v) is 9.75. The number of hydrogen-bond acceptors (Lipinski definition) is 2. The van der Waals surface area contributed by atoms with Crippen molar-refractivity contribution in [2.24, 2.45) is 5.73 Å². The molecule has 0 saturated carbocycles. The molecule has 0 aliphatic rings. The minimum atomic E-state index is 0. The number of nitrogens with two attached hydrogens (primary N) is 1. The minimum absolute atomic E-state index is 0. The fourth-order valence-corrected chi connectivity index (χ4v) is 0.891. The highest BCUT2D eigenvalue weighted by atomic mass is 79.9. The summed E-state index contributed by atoms with van der Waals surface area (Å²) in [7, 11) is 0. The van der Waals surface area contributed by atoms with Crippen LogP contribution >= 0.6 is 40.7 Å². The SMILES string of the molecule is C[C@H](N)c1ccc(Br)cn1.Cl.Cl. The largest absolute Gasteiger partial charge is 0.323 e. The molecule has 0 aromatic carbocycles. The van der Waals surface area contributed by atoms with Crippen molar-refractivity contribution in [3.05, 3.63) is 28.5 Å². The van der Waals surface area contributed by atoms with Crippen molar-refractivity contribution in [1.82, 2.24) is 4.98 Å². The molecular formula is C7H11BrCl2N2. The number of nitrogens with zero attached hydrogens (tertiary/aromatic N) is 1. The summed E-state index contributed by atoms with van der Waals surface area (Å²) < 4.78 is 0.983. The van der Waals surface area contributed by atoms with Crippen LogP contribution in [0.1, 0.15) is 18.7 Å². The van der Waals surface area contributed by atoms with Crippen molar-refractivity contribution in [3.63, 3.8) is 0 Å². The van der Waals surface area contributed by atoms with Crippen molar-refractivity contribution in [2.75, 3.05) is 0 Å². The van der Waals surface area contributed by atoms with E-state index in [1.165, 1.54) is 0 Å². The van der Waals surface area contributed by atoms with Crippen LogP contribution in [0, 0.1) is 0 Å². The fraction of sp³-hybridized carbons (Fsp3) is 0.286. The third kappa shape index (κ3) is 4.26. The molecule has 0 saturated heterocycles. The van der Waals surface area contributed by atoms with E-state index in [4.69, 9.17) is 5.73 Å². The fourth-order valence-electron chi connectivity index (χ4n) is 0.657. The molecule has 0 amide bonds. The molecule has 2 N–H and O–H groups in total. The molecule has 1 rings (SSSR count). The van der Waals surface area contributed by atoms with Gasteiger partial charge in [0.1, 0.15) is 0 Å². The van der Waals surface area contributed by atoms with Gasteiger partial charge in [0.05, 0.1) is 5.69 Å².